The third-order valence-corrected chi connectivity index (χ3v) is 4.21. The molecule has 2 aromatic carbocycles. The zero-order chi connectivity index (χ0) is 13.8. The quantitative estimate of drug-likeness (QED) is 0.744. The van der Waals surface area contributed by atoms with Gasteiger partial charge in [-0.2, -0.15) is 0 Å². The fourth-order valence-electron chi connectivity index (χ4n) is 2.20. The molecule has 3 nitrogen and oxygen atoms in total. The molecule has 1 unspecified atom stereocenters. The van der Waals surface area contributed by atoms with Gasteiger partial charge in [-0.15, -0.1) is 11.8 Å². The SMILES string of the molecule is NC(CSc1cnccn1)c1cccc2ccccc12. The molecule has 0 saturated carbocycles. The molecule has 0 bridgehead atoms. The second-order valence-electron chi connectivity index (χ2n) is 4.53. The van der Waals surface area contributed by atoms with E-state index in [4.69, 9.17) is 5.73 Å². The predicted molar refractivity (Wildman–Crippen MR) is 83.6 cm³/mol. The average Bonchev–Trinajstić information content (AvgIpc) is 2.53. The van der Waals surface area contributed by atoms with Crippen molar-refractivity contribution in [2.45, 2.75) is 11.1 Å². The van der Waals surface area contributed by atoms with Gasteiger partial charge in [0.2, 0.25) is 0 Å². The number of benzene rings is 2. The minimum Gasteiger partial charge on any atom is -0.323 e. The van der Waals surface area contributed by atoms with Crippen LogP contribution < -0.4 is 5.73 Å². The first kappa shape index (κ1) is 13.1. The van der Waals surface area contributed by atoms with Crippen LogP contribution >= 0.6 is 11.8 Å². The molecule has 20 heavy (non-hydrogen) atoms. The van der Waals surface area contributed by atoms with Gasteiger partial charge in [0.15, 0.2) is 0 Å². The molecule has 0 saturated heterocycles. The second kappa shape index (κ2) is 6.03. The number of nitrogens with two attached hydrogens (primary N) is 1. The van der Waals surface area contributed by atoms with E-state index in [1.165, 1.54) is 16.3 Å². The average molecular weight is 281 g/mol. The van der Waals surface area contributed by atoms with E-state index in [9.17, 15) is 0 Å². The lowest BCUT2D eigenvalue weighted by atomic mass is 10.0. The van der Waals surface area contributed by atoms with Gasteiger partial charge in [-0.25, -0.2) is 4.98 Å². The number of hydrogen-bond donors (Lipinski definition) is 1. The number of aromatic nitrogens is 2. The fourth-order valence-corrected chi connectivity index (χ4v) is 3.00. The molecule has 100 valence electrons. The van der Waals surface area contributed by atoms with Crippen molar-refractivity contribution in [3.05, 3.63) is 66.6 Å². The third kappa shape index (κ3) is 2.81. The highest BCUT2D eigenvalue weighted by molar-refractivity contribution is 7.99. The van der Waals surface area contributed by atoms with Gasteiger partial charge in [0.05, 0.1) is 6.20 Å². The van der Waals surface area contributed by atoms with Gasteiger partial charge in [-0.3, -0.25) is 4.98 Å². The molecule has 3 rings (SSSR count). The van der Waals surface area contributed by atoms with Crippen LogP contribution in [-0.2, 0) is 0 Å². The lowest BCUT2D eigenvalue weighted by molar-refractivity contribution is 0.838. The van der Waals surface area contributed by atoms with Crippen LogP contribution in [0, 0.1) is 0 Å². The van der Waals surface area contributed by atoms with E-state index in [-0.39, 0.29) is 6.04 Å². The Kier molecular flexibility index (Phi) is 3.95. The van der Waals surface area contributed by atoms with Gasteiger partial charge < -0.3 is 5.73 Å². The molecule has 3 aromatic rings. The van der Waals surface area contributed by atoms with Gasteiger partial charge in [-0.05, 0) is 16.3 Å². The van der Waals surface area contributed by atoms with Crippen LogP contribution in [0.1, 0.15) is 11.6 Å². The maximum Gasteiger partial charge on any atom is 0.114 e. The molecular formula is C16H15N3S. The summed E-state index contributed by atoms with van der Waals surface area (Å²) in [6.45, 7) is 0. The van der Waals surface area contributed by atoms with Crippen LogP contribution in [0.5, 0.6) is 0 Å². The number of fused-ring (bicyclic) bond motifs is 1. The highest BCUT2D eigenvalue weighted by Crippen LogP contribution is 2.26. The summed E-state index contributed by atoms with van der Waals surface area (Å²) in [5.74, 6) is 0.784. The van der Waals surface area contributed by atoms with Gasteiger partial charge in [-0.1, -0.05) is 42.5 Å². The summed E-state index contributed by atoms with van der Waals surface area (Å²) < 4.78 is 0. The number of rotatable bonds is 4. The van der Waals surface area contributed by atoms with E-state index in [1.54, 1.807) is 30.4 Å². The van der Waals surface area contributed by atoms with Crippen LogP contribution in [0.15, 0.2) is 66.1 Å². The van der Waals surface area contributed by atoms with Gasteiger partial charge in [0.1, 0.15) is 5.03 Å². The molecule has 4 heteroatoms. The van der Waals surface area contributed by atoms with Crippen LogP contribution in [0.4, 0.5) is 0 Å². The summed E-state index contributed by atoms with van der Waals surface area (Å²) >= 11 is 1.63. The van der Waals surface area contributed by atoms with Crippen LogP contribution in [0.2, 0.25) is 0 Å². The smallest absolute Gasteiger partial charge is 0.114 e. The first-order chi connectivity index (χ1) is 9.84. The van der Waals surface area contributed by atoms with E-state index in [0.29, 0.717) is 0 Å². The fraction of sp³-hybridized carbons (Fsp3) is 0.125. The lowest BCUT2D eigenvalue weighted by Crippen LogP contribution is -2.13. The Morgan fingerprint density at radius 1 is 1.05 bits per heavy atom. The molecule has 2 N–H and O–H groups in total. The highest BCUT2D eigenvalue weighted by atomic mass is 32.2. The molecule has 1 aromatic heterocycles. The number of hydrogen-bond acceptors (Lipinski definition) is 4. The Morgan fingerprint density at radius 2 is 1.90 bits per heavy atom. The first-order valence-electron chi connectivity index (χ1n) is 6.46. The third-order valence-electron chi connectivity index (χ3n) is 3.17. The summed E-state index contributed by atoms with van der Waals surface area (Å²) in [7, 11) is 0. The molecule has 1 heterocycles. The molecular weight excluding hydrogens is 266 g/mol. The van der Waals surface area contributed by atoms with E-state index in [1.807, 2.05) is 12.1 Å². The van der Waals surface area contributed by atoms with Crippen molar-refractivity contribution >= 4 is 22.5 Å². The van der Waals surface area contributed by atoms with Crippen LogP contribution in [0.25, 0.3) is 10.8 Å². The lowest BCUT2D eigenvalue weighted by Gasteiger charge is -2.14. The Bertz CT molecular complexity index is 695. The van der Waals surface area contributed by atoms with Crippen molar-refractivity contribution in [2.24, 2.45) is 5.73 Å². The molecule has 1 atom stereocenters. The Balaban J connectivity index is 1.80. The van der Waals surface area contributed by atoms with E-state index in [0.717, 1.165) is 10.8 Å². The summed E-state index contributed by atoms with van der Waals surface area (Å²) in [4.78, 5) is 8.31. The molecule has 0 aliphatic heterocycles. The molecule has 0 aliphatic rings. The van der Waals surface area contributed by atoms with Gasteiger partial charge in [0, 0.05) is 24.2 Å². The van der Waals surface area contributed by atoms with E-state index < -0.39 is 0 Å². The molecule has 0 fully saturated rings. The second-order valence-corrected chi connectivity index (χ2v) is 5.57. The van der Waals surface area contributed by atoms with Crippen molar-refractivity contribution in [1.29, 1.82) is 0 Å². The monoisotopic (exact) mass is 281 g/mol. The molecule has 0 radical (unpaired) electrons. The zero-order valence-corrected chi connectivity index (χ0v) is 11.8. The summed E-state index contributed by atoms with van der Waals surface area (Å²) in [6, 6.07) is 14.6. The minimum absolute atomic E-state index is 0.0203. The van der Waals surface area contributed by atoms with Gasteiger partial charge >= 0.3 is 0 Å². The van der Waals surface area contributed by atoms with Crippen molar-refractivity contribution in [3.63, 3.8) is 0 Å². The van der Waals surface area contributed by atoms with Crippen molar-refractivity contribution in [3.8, 4) is 0 Å². The van der Waals surface area contributed by atoms with E-state index >= 15 is 0 Å². The van der Waals surface area contributed by atoms with Crippen molar-refractivity contribution < 1.29 is 0 Å². The highest BCUT2D eigenvalue weighted by Gasteiger charge is 2.10. The zero-order valence-electron chi connectivity index (χ0n) is 10.9. The number of thioether (sulfide) groups is 1. The Hall–Kier alpha value is -1.91. The Morgan fingerprint density at radius 3 is 2.75 bits per heavy atom. The molecule has 0 spiro atoms. The van der Waals surface area contributed by atoms with Crippen LogP contribution in [-0.4, -0.2) is 15.7 Å². The van der Waals surface area contributed by atoms with Crippen LogP contribution in [0.3, 0.4) is 0 Å². The minimum atomic E-state index is -0.0203. The van der Waals surface area contributed by atoms with Crippen molar-refractivity contribution in [2.75, 3.05) is 5.75 Å². The van der Waals surface area contributed by atoms with E-state index in [2.05, 4.69) is 40.3 Å². The molecule has 0 aliphatic carbocycles. The topological polar surface area (TPSA) is 51.8 Å². The maximum absolute atomic E-state index is 6.34. The summed E-state index contributed by atoms with van der Waals surface area (Å²) in [5.41, 5.74) is 7.52. The first-order valence-corrected chi connectivity index (χ1v) is 7.45. The normalized spacial score (nSPS) is 12.4. The largest absolute Gasteiger partial charge is 0.323 e. The standard InChI is InChI=1S/C16H15N3S/c17-15(11-20-16-10-18-8-9-19-16)14-7-3-5-12-4-1-2-6-13(12)14/h1-10,15H,11,17H2. The van der Waals surface area contributed by atoms with Gasteiger partial charge in [0.25, 0.3) is 0 Å². The summed E-state index contributed by atoms with van der Waals surface area (Å²) in [5, 5.41) is 3.36. The molecule has 0 amide bonds. The predicted octanol–water partition coefficient (Wildman–Crippen LogP) is 3.42. The summed E-state index contributed by atoms with van der Waals surface area (Å²) in [6.07, 6.45) is 5.14. The number of nitrogens with zero attached hydrogens (tertiary/aromatic N) is 2. The maximum atomic E-state index is 6.34. The van der Waals surface area contributed by atoms with Crippen molar-refractivity contribution in [1.82, 2.24) is 9.97 Å². The Labute approximate surface area is 122 Å².